The van der Waals surface area contributed by atoms with E-state index in [1.54, 1.807) is 0 Å². The van der Waals surface area contributed by atoms with Gasteiger partial charge in [-0.15, -0.1) is 0 Å². The largest absolute Gasteiger partial charge is 0.465 e. The second kappa shape index (κ2) is 3.28. The van der Waals surface area contributed by atoms with Crippen molar-refractivity contribution >= 4 is 5.97 Å². The molecule has 0 bridgehead atoms. The smallest absolute Gasteiger partial charge is 0.312 e. The Morgan fingerprint density at radius 1 is 1.17 bits per heavy atom. The third kappa shape index (κ3) is 1.08. The van der Waals surface area contributed by atoms with Crippen LogP contribution in [-0.2, 0) is 19.0 Å². The molecule has 0 aromatic carbocycles. The van der Waals surface area contributed by atoms with Crippen LogP contribution >= 0.6 is 0 Å². The highest BCUT2D eigenvalue weighted by molar-refractivity contribution is 5.81. The van der Waals surface area contributed by atoms with Crippen molar-refractivity contribution in [3.05, 3.63) is 0 Å². The number of ether oxygens (including phenoxy) is 3. The summed E-state index contributed by atoms with van der Waals surface area (Å²) in [4.78, 5) is 12.2. The van der Waals surface area contributed by atoms with Crippen molar-refractivity contribution < 1.29 is 19.0 Å². The van der Waals surface area contributed by atoms with E-state index >= 15 is 0 Å². The maximum atomic E-state index is 12.2. The Morgan fingerprint density at radius 2 is 1.89 bits per heavy atom. The first kappa shape index (κ1) is 11.2. The highest BCUT2D eigenvalue weighted by Gasteiger charge is 2.73. The summed E-state index contributed by atoms with van der Waals surface area (Å²) < 4.78 is 17.6. The quantitative estimate of drug-likeness (QED) is 0.617. The van der Waals surface area contributed by atoms with E-state index in [-0.39, 0.29) is 29.5 Å². The number of cyclic esters (lactones) is 1. The fraction of sp³-hybridized carbons (Fsp3) is 0.929. The van der Waals surface area contributed by atoms with Crippen LogP contribution in [0.25, 0.3) is 0 Å². The number of fused-ring (bicyclic) bond motifs is 1. The summed E-state index contributed by atoms with van der Waals surface area (Å²) in [5, 5.41) is 0. The van der Waals surface area contributed by atoms with Crippen LogP contribution in [0.4, 0.5) is 0 Å². The Hall–Kier alpha value is -0.610. The second-order valence-corrected chi connectivity index (χ2v) is 6.44. The fourth-order valence-electron chi connectivity index (χ4n) is 4.65. The molecule has 4 nitrogen and oxygen atoms in total. The Labute approximate surface area is 107 Å². The van der Waals surface area contributed by atoms with Crippen LogP contribution < -0.4 is 0 Å². The van der Waals surface area contributed by atoms with Gasteiger partial charge in [0.2, 0.25) is 0 Å². The summed E-state index contributed by atoms with van der Waals surface area (Å²) in [7, 11) is 0. The number of hydrogen-bond donors (Lipinski definition) is 0. The van der Waals surface area contributed by atoms with Crippen molar-refractivity contribution in [1.29, 1.82) is 0 Å². The molecule has 4 heteroatoms. The Bertz CT molecular complexity index is 397. The molecule has 4 rings (SSSR count). The van der Waals surface area contributed by atoms with E-state index in [4.69, 9.17) is 14.2 Å². The third-order valence-corrected chi connectivity index (χ3v) is 5.74. The summed E-state index contributed by atoms with van der Waals surface area (Å²) >= 11 is 0. The molecule has 0 aromatic heterocycles. The summed E-state index contributed by atoms with van der Waals surface area (Å²) in [6.07, 6.45) is 4.15. The van der Waals surface area contributed by atoms with Crippen LogP contribution in [0.15, 0.2) is 0 Å². The van der Waals surface area contributed by atoms with E-state index in [2.05, 4.69) is 13.8 Å². The minimum atomic E-state index is -0.503. The van der Waals surface area contributed by atoms with Crippen LogP contribution in [0.2, 0.25) is 0 Å². The molecular formula is C14H20O4. The first-order chi connectivity index (χ1) is 8.58. The van der Waals surface area contributed by atoms with E-state index in [9.17, 15) is 4.79 Å². The van der Waals surface area contributed by atoms with E-state index in [0.29, 0.717) is 12.5 Å². The van der Waals surface area contributed by atoms with Crippen molar-refractivity contribution in [3.63, 3.8) is 0 Å². The maximum Gasteiger partial charge on any atom is 0.312 e. The summed E-state index contributed by atoms with van der Waals surface area (Å²) in [5.74, 6) is 0.121. The van der Waals surface area contributed by atoms with Crippen LogP contribution in [0, 0.1) is 17.3 Å². The molecule has 0 radical (unpaired) electrons. The van der Waals surface area contributed by atoms with Gasteiger partial charge in [-0.3, -0.25) is 4.79 Å². The molecule has 5 atom stereocenters. The molecule has 0 aromatic rings. The molecule has 2 spiro atoms. The SMILES string of the molecule is C[C@H]1OC2(CCC[C@]34C(=O)OC[C@H]3C[C@H]24)O[C@@H]1C. The average Bonchev–Trinajstić information content (AvgIpc) is 2.67. The van der Waals surface area contributed by atoms with Crippen LogP contribution in [0.1, 0.15) is 39.5 Å². The average molecular weight is 252 g/mol. The molecule has 4 aliphatic rings. The second-order valence-electron chi connectivity index (χ2n) is 6.44. The standard InChI is InChI=1S/C14H20O4/c1-8-9(2)18-14(17-8)5-3-4-13-10(6-11(13)14)7-16-12(13)15/h8-11H,3-7H2,1-2H3/t8-,9-,10-,11+,13+/m1/s1. The molecular weight excluding hydrogens is 232 g/mol. The Morgan fingerprint density at radius 3 is 2.56 bits per heavy atom. The van der Waals surface area contributed by atoms with E-state index in [1.807, 2.05) is 0 Å². The summed E-state index contributed by atoms with van der Waals surface area (Å²) in [5.41, 5.74) is -0.276. The molecule has 18 heavy (non-hydrogen) atoms. The normalized spacial score (nSPS) is 52.7. The molecule has 0 amide bonds. The van der Waals surface area contributed by atoms with Gasteiger partial charge in [0.05, 0.1) is 24.2 Å². The lowest BCUT2D eigenvalue weighted by atomic mass is 9.47. The van der Waals surface area contributed by atoms with Crippen molar-refractivity contribution in [1.82, 2.24) is 0 Å². The number of carbonyl (C=O) groups is 1. The van der Waals surface area contributed by atoms with Gasteiger partial charge in [-0.2, -0.15) is 0 Å². The minimum Gasteiger partial charge on any atom is -0.465 e. The lowest BCUT2D eigenvalue weighted by Gasteiger charge is -2.58. The van der Waals surface area contributed by atoms with Crippen molar-refractivity contribution in [2.24, 2.45) is 17.3 Å². The zero-order valence-electron chi connectivity index (χ0n) is 11.0. The van der Waals surface area contributed by atoms with Gasteiger partial charge in [-0.1, -0.05) is 0 Å². The molecule has 2 aliphatic carbocycles. The highest BCUT2D eigenvalue weighted by atomic mass is 16.8. The predicted octanol–water partition coefficient (Wildman–Crippen LogP) is 1.87. The number of rotatable bonds is 0. The van der Waals surface area contributed by atoms with Crippen LogP contribution in [0.5, 0.6) is 0 Å². The maximum absolute atomic E-state index is 12.2. The molecule has 2 aliphatic heterocycles. The Balaban J connectivity index is 1.70. The first-order valence-corrected chi connectivity index (χ1v) is 7.11. The third-order valence-electron chi connectivity index (χ3n) is 5.74. The molecule has 2 saturated heterocycles. The molecule has 4 fully saturated rings. The molecule has 100 valence electrons. The number of esters is 1. The molecule has 2 saturated carbocycles. The van der Waals surface area contributed by atoms with Crippen molar-refractivity contribution in [2.75, 3.05) is 6.61 Å². The van der Waals surface area contributed by atoms with Gasteiger partial charge in [0.15, 0.2) is 5.79 Å². The van der Waals surface area contributed by atoms with Gasteiger partial charge in [0.1, 0.15) is 0 Å². The lowest BCUT2D eigenvalue weighted by molar-refractivity contribution is -0.289. The zero-order valence-corrected chi connectivity index (χ0v) is 11.0. The van der Waals surface area contributed by atoms with Gasteiger partial charge >= 0.3 is 5.97 Å². The minimum absolute atomic E-state index is 0.00207. The number of carbonyl (C=O) groups excluding carboxylic acids is 1. The molecule has 2 heterocycles. The highest BCUT2D eigenvalue weighted by Crippen LogP contribution is 2.67. The van der Waals surface area contributed by atoms with Gasteiger partial charge in [0.25, 0.3) is 0 Å². The summed E-state index contributed by atoms with van der Waals surface area (Å²) in [6, 6.07) is 0. The van der Waals surface area contributed by atoms with Gasteiger partial charge in [0, 0.05) is 18.3 Å². The van der Waals surface area contributed by atoms with Crippen LogP contribution in [-0.4, -0.2) is 30.6 Å². The van der Waals surface area contributed by atoms with Gasteiger partial charge in [-0.25, -0.2) is 0 Å². The van der Waals surface area contributed by atoms with E-state index in [0.717, 1.165) is 25.7 Å². The Kier molecular flexibility index (Phi) is 2.05. The predicted molar refractivity (Wildman–Crippen MR) is 62.7 cm³/mol. The fourth-order valence-corrected chi connectivity index (χ4v) is 4.65. The molecule has 0 N–H and O–H groups in total. The molecule has 0 unspecified atom stereocenters. The lowest BCUT2D eigenvalue weighted by Crippen LogP contribution is -2.63. The van der Waals surface area contributed by atoms with Crippen molar-refractivity contribution in [2.45, 2.75) is 57.5 Å². The van der Waals surface area contributed by atoms with Crippen LogP contribution in [0.3, 0.4) is 0 Å². The summed E-state index contributed by atoms with van der Waals surface area (Å²) in [6.45, 7) is 4.73. The van der Waals surface area contributed by atoms with Crippen molar-refractivity contribution in [3.8, 4) is 0 Å². The first-order valence-electron chi connectivity index (χ1n) is 7.11. The van der Waals surface area contributed by atoms with Gasteiger partial charge in [-0.05, 0) is 33.1 Å². The van der Waals surface area contributed by atoms with E-state index < -0.39 is 5.79 Å². The monoisotopic (exact) mass is 252 g/mol. The van der Waals surface area contributed by atoms with Gasteiger partial charge < -0.3 is 14.2 Å². The number of hydrogen-bond acceptors (Lipinski definition) is 4. The topological polar surface area (TPSA) is 44.8 Å². The zero-order chi connectivity index (χ0) is 12.5. The van der Waals surface area contributed by atoms with E-state index in [1.165, 1.54) is 0 Å².